The Morgan fingerprint density at radius 3 is 2.47 bits per heavy atom. The Hall–Kier alpha value is -1.42. The summed E-state index contributed by atoms with van der Waals surface area (Å²) in [5, 5.41) is -0.265. The van der Waals surface area contributed by atoms with Crippen LogP contribution in [0.5, 0.6) is 0 Å². The molecule has 1 fully saturated rings. The van der Waals surface area contributed by atoms with Crippen LogP contribution in [0.1, 0.15) is 12.8 Å². The molecule has 4 heteroatoms. The van der Waals surface area contributed by atoms with Gasteiger partial charge in [0.2, 0.25) is 5.13 Å². The number of aromatic nitrogens is 1. The smallest absolute Gasteiger partial charge is 0.204 e. The lowest BCUT2D eigenvalue weighted by atomic mass is 10.1. The maximum atomic E-state index is 13.4. The minimum absolute atomic E-state index is 0.265. The topological polar surface area (TPSA) is 16.1 Å². The van der Waals surface area contributed by atoms with Gasteiger partial charge >= 0.3 is 0 Å². The van der Waals surface area contributed by atoms with Crippen LogP contribution in [0, 0.1) is 10.6 Å². The Morgan fingerprint density at radius 1 is 1.18 bits per heavy atom. The summed E-state index contributed by atoms with van der Waals surface area (Å²) in [6, 6.07) is 7.94. The molecule has 0 bridgehead atoms. The molecule has 2 aromatic rings. The number of anilines is 1. The molecule has 0 saturated carbocycles. The van der Waals surface area contributed by atoms with Gasteiger partial charge in [-0.1, -0.05) is 23.5 Å². The van der Waals surface area contributed by atoms with Gasteiger partial charge in [-0.25, -0.2) is 4.98 Å². The van der Waals surface area contributed by atoms with Crippen LogP contribution >= 0.6 is 11.3 Å². The van der Waals surface area contributed by atoms with E-state index in [-0.39, 0.29) is 5.13 Å². The molecule has 0 N–H and O–H groups in total. The fourth-order valence-corrected chi connectivity index (χ4v) is 2.66. The number of hydrogen-bond acceptors (Lipinski definition) is 3. The molecular formula is C13H12FN2S. The van der Waals surface area contributed by atoms with Gasteiger partial charge in [0.1, 0.15) is 5.69 Å². The summed E-state index contributed by atoms with van der Waals surface area (Å²) >= 11 is 0.916. The lowest BCUT2D eigenvalue weighted by molar-refractivity contribution is 0.657. The maximum Gasteiger partial charge on any atom is 0.204 e. The minimum Gasteiger partial charge on any atom is -0.372 e. The Bertz CT molecular complexity index is 500. The summed E-state index contributed by atoms with van der Waals surface area (Å²) in [5.74, 6) is 0. The second-order valence-corrected chi connectivity index (χ2v) is 4.91. The zero-order valence-corrected chi connectivity index (χ0v) is 10.1. The average Bonchev–Trinajstić information content (AvgIpc) is 3.00. The van der Waals surface area contributed by atoms with Crippen molar-refractivity contribution in [2.75, 3.05) is 18.0 Å². The van der Waals surface area contributed by atoms with Crippen molar-refractivity contribution >= 4 is 17.0 Å². The molecule has 1 aromatic carbocycles. The Labute approximate surface area is 104 Å². The van der Waals surface area contributed by atoms with Crippen LogP contribution in [0.2, 0.25) is 0 Å². The van der Waals surface area contributed by atoms with Crippen molar-refractivity contribution in [3.8, 4) is 11.3 Å². The molecule has 0 unspecified atom stereocenters. The van der Waals surface area contributed by atoms with Crippen molar-refractivity contribution < 1.29 is 4.39 Å². The number of nitrogens with zero attached hydrogens (tertiary/aromatic N) is 2. The Morgan fingerprint density at radius 2 is 1.88 bits per heavy atom. The predicted molar refractivity (Wildman–Crippen MR) is 67.8 cm³/mol. The van der Waals surface area contributed by atoms with Crippen LogP contribution in [0.4, 0.5) is 10.1 Å². The molecule has 1 aliphatic heterocycles. The number of thiazole rings is 1. The molecule has 87 valence electrons. The van der Waals surface area contributed by atoms with Crippen molar-refractivity contribution in [3.63, 3.8) is 0 Å². The molecule has 1 aromatic heterocycles. The van der Waals surface area contributed by atoms with Crippen molar-refractivity contribution in [2.45, 2.75) is 12.8 Å². The first-order valence-corrected chi connectivity index (χ1v) is 6.54. The first kappa shape index (κ1) is 10.7. The van der Waals surface area contributed by atoms with E-state index < -0.39 is 0 Å². The van der Waals surface area contributed by atoms with E-state index in [1.54, 1.807) is 0 Å². The average molecular weight is 247 g/mol. The quantitative estimate of drug-likeness (QED) is 0.809. The van der Waals surface area contributed by atoms with Crippen molar-refractivity contribution in [2.24, 2.45) is 0 Å². The van der Waals surface area contributed by atoms with Crippen LogP contribution in [-0.4, -0.2) is 18.1 Å². The molecule has 0 amide bonds. The second-order valence-electron chi connectivity index (χ2n) is 4.17. The van der Waals surface area contributed by atoms with Gasteiger partial charge in [-0.2, -0.15) is 4.39 Å². The molecule has 0 aliphatic carbocycles. The van der Waals surface area contributed by atoms with E-state index in [1.165, 1.54) is 18.5 Å². The van der Waals surface area contributed by atoms with E-state index in [9.17, 15) is 4.39 Å². The SMILES string of the molecule is Fc1s[c]nc1-c1ccc(N2CCCC2)cc1. The molecule has 0 atom stereocenters. The zero-order valence-electron chi connectivity index (χ0n) is 9.32. The molecule has 2 nitrogen and oxygen atoms in total. The summed E-state index contributed by atoms with van der Waals surface area (Å²) in [7, 11) is 0. The van der Waals surface area contributed by atoms with Gasteiger partial charge < -0.3 is 4.90 Å². The summed E-state index contributed by atoms with van der Waals surface area (Å²) in [5.41, 5.74) is 5.01. The highest BCUT2D eigenvalue weighted by Crippen LogP contribution is 2.27. The highest BCUT2D eigenvalue weighted by atomic mass is 32.1. The van der Waals surface area contributed by atoms with Gasteiger partial charge in [0.05, 0.1) is 0 Å². The summed E-state index contributed by atoms with van der Waals surface area (Å²) < 4.78 is 13.4. The van der Waals surface area contributed by atoms with Crippen molar-refractivity contribution in [1.29, 1.82) is 0 Å². The van der Waals surface area contributed by atoms with E-state index in [4.69, 9.17) is 0 Å². The van der Waals surface area contributed by atoms with E-state index in [0.29, 0.717) is 5.69 Å². The van der Waals surface area contributed by atoms with Gasteiger partial charge in [0, 0.05) is 24.3 Å². The van der Waals surface area contributed by atoms with Crippen molar-refractivity contribution in [3.05, 3.63) is 34.9 Å². The fourth-order valence-electron chi connectivity index (χ4n) is 2.18. The molecule has 1 radical (unpaired) electrons. The van der Waals surface area contributed by atoms with Gasteiger partial charge in [0.25, 0.3) is 0 Å². The third kappa shape index (κ3) is 2.05. The largest absolute Gasteiger partial charge is 0.372 e. The highest BCUT2D eigenvalue weighted by molar-refractivity contribution is 7.07. The minimum atomic E-state index is -0.265. The van der Waals surface area contributed by atoms with E-state index in [1.807, 2.05) is 24.3 Å². The van der Waals surface area contributed by atoms with Gasteiger partial charge in [-0.15, -0.1) is 0 Å². The van der Waals surface area contributed by atoms with Crippen LogP contribution in [0.25, 0.3) is 11.3 Å². The number of hydrogen-bond donors (Lipinski definition) is 0. The Balaban J connectivity index is 1.87. The van der Waals surface area contributed by atoms with Crippen LogP contribution in [0.3, 0.4) is 0 Å². The van der Waals surface area contributed by atoms with E-state index in [2.05, 4.69) is 15.4 Å². The first-order valence-electron chi connectivity index (χ1n) is 5.72. The molecular weight excluding hydrogens is 235 g/mol. The molecule has 2 heterocycles. The number of halogens is 1. The normalized spacial score (nSPS) is 15.5. The second kappa shape index (κ2) is 4.45. The highest BCUT2D eigenvalue weighted by Gasteiger charge is 2.13. The lowest BCUT2D eigenvalue weighted by Gasteiger charge is -2.17. The number of benzene rings is 1. The molecule has 0 spiro atoms. The molecule has 1 saturated heterocycles. The van der Waals surface area contributed by atoms with Crippen LogP contribution < -0.4 is 4.90 Å². The third-order valence-corrected chi connectivity index (χ3v) is 3.65. The molecule has 17 heavy (non-hydrogen) atoms. The van der Waals surface area contributed by atoms with Crippen LogP contribution in [0.15, 0.2) is 24.3 Å². The van der Waals surface area contributed by atoms with Crippen LogP contribution in [-0.2, 0) is 0 Å². The van der Waals surface area contributed by atoms with E-state index >= 15 is 0 Å². The summed E-state index contributed by atoms with van der Waals surface area (Å²) in [6.45, 7) is 2.25. The first-order chi connectivity index (χ1) is 8.34. The molecule has 1 aliphatic rings. The van der Waals surface area contributed by atoms with Crippen molar-refractivity contribution in [1.82, 2.24) is 4.98 Å². The summed E-state index contributed by atoms with van der Waals surface area (Å²) in [4.78, 5) is 6.27. The lowest BCUT2D eigenvalue weighted by Crippen LogP contribution is -2.17. The van der Waals surface area contributed by atoms with Gasteiger partial charge in [0.15, 0.2) is 5.51 Å². The third-order valence-electron chi connectivity index (χ3n) is 3.09. The molecule has 3 rings (SSSR count). The maximum absolute atomic E-state index is 13.4. The van der Waals surface area contributed by atoms with Gasteiger partial charge in [-0.05, 0) is 25.0 Å². The Kier molecular flexibility index (Phi) is 2.81. The van der Waals surface area contributed by atoms with Gasteiger partial charge in [-0.3, -0.25) is 0 Å². The summed E-state index contributed by atoms with van der Waals surface area (Å²) in [6.07, 6.45) is 2.52. The fraction of sp³-hybridized carbons (Fsp3) is 0.308. The zero-order chi connectivity index (χ0) is 11.7. The predicted octanol–water partition coefficient (Wildman–Crippen LogP) is 3.35. The monoisotopic (exact) mass is 247 g/mol. The standard InChI is InChI=1S/C13H12FN2S/c14-13-12(15-9-17-13)10-3-5-11(6-4-10)16-7-1-2-8-16/h3-6H,1-2,7-8H2. The number of rotatable bonds is 2. The van der Waals surface area contributed by atoms with E-state index in [0.717, 1.165) is 30.0 Å².